The molecule has 0 spiro atoms. The topological polar surface area (TPSA) is 20.2 Å². The molecule has 4 rings (SSSR count). The number of rotatable bonds is 1. The average molecular weight is 329 g/mol. The number of allylic oxidation sites excluding steroid dienone is 2. The molecule has 0 fully saturated rings. The molecule has 1 nitrogen and oxygen atoms in total. The SMILES string of the molecule is OC1(c2cccc3c2Cc2ccccc2-3)C=C(Cl)C=C(Cl)C1. The molecule has 1 atom stereocenters. The zero-order chi connectivity index (χ0) is 15.3. The van der Waals surface area contributed by atoms with Crippen LogP contribution in [0.25, 0.3) is 11.1 Å². The summed E-state index contributed by atoms with van der Waals surface area (Å²) in [6.45, 7) is 0. The van der Waals surface area contributed by atoms with Crippen LogP contribution in [0.2, 0.25) is 0 Å². The van der Waals surface area contributed by atoms with E-state index in [0.717, 1.165) is 12.0 Å². The van der Waals surface area contributed by atoms with E-state index < -0.39 is 5.60 Å². The summed E-state index contributed by atoms with van der Waals surface area (Å²) in [6.07, 6.45) is 4.57. The molecule has 0 aromatic heterocycles. The summed E-state index contributed by atoms with van der Waals surface area (Å²) < 4.78 is 0. The smallest absolute Gasteiger partial charge is 0.115 e. The van der Waals surface area contributed by atoms with Gasteiger partial charge < -0.3 is 5.11 Å². The van der Waals surface area contributed by atoms with Gasteiger partial charge >= 0.3 is 0 Å². The molecule has 110 valence electrons. The minimum Gasteiger partial charge on any atom is -0.381 e. The fourth-order valence-electron chi connectivity index (χ4n) is 3.51. The quantitative estimate of drug-likeness (QED) is 0.659. The summed E-state index contributed by atoms with van der Waals surface area (Å²) in [7, 11) is 0. The van der Waals surface area contributed by atoms with Gasteiger partial charge in [0.15, 0.2) is 0 Å². The second kappa shape index (κ2) is 4.99. The second-order valence-corrected chi connectivity index (χ2v) is 6.81. The standard InChI is InChI=1S/C19H14Cl2O/c20-13-9-14(21)11-19(22,10-13)18-7-3-6-16-15-5-2-1-4-12(15)8-17(16)18/h1-7,9-10,22H,8,11H2. The van der Waals surface area contributed by atoms with Crippen LogP contribution in [-0.4, -0.2) is 5.11 Å². The van der Waals surface area contributed by atoms with E-state index in [0.29, 0.717) is 16.5 Å². The Morgan fingerprint density at radius 2 is 1.73 bits per heavy atom. The molecule has 22 heavy (non-hydrogen) atoms. The van der Waals surface area contributed by atoms with E-state index in [2.05, 4.69) is 24.3 Å². The molecule has 0 heterocycles. The fraction of sp³-hybridized carbons (Fsp3) is 0.158. The van der Waals surface area contributed by atoms with E-state index in [1.807, 2.05) is 18.2 Å². The highest BCUT2D eigenvalue weighted by Crippen LogP contribution is 2.45. The lowest BCUT2D eigenvalue weighted by Gasteiger charge is -2.30. The van der Waals surface area contributed by atoms with Gasteiger partial charge in [0.05, 0.1) is 0 Å². The molecule has 0 amide bonds. The molecule has 1 unspecified atom stereocenters. The number of hydrogen-bond acceptors (Lipinski definition) is 1. The lowest BCUT2D eigenvalue weighted by molar-refractivity contribution is 0.0893. The van der Waals surface area contributed by atoms with Crippen molar-refractivity contribution in [3.8, 4) is 11.1 Å². The van der Waals surface area contributed by atoms with E-state index in [9.17, 15) is 5.11 Å². The third kappa shape index (κ3) is 2.13. The molecule has 3 heteroatoms. The van der Waals surface area contributed by atoms with Crippen LogP contribution in [0.15, 0.2) is 64.7 Å². The van der Waals surface area contributed by atoms with Gasteiger partial charge in [0.2, 0.25) is 0 Å². The summed E-state index contributed by atoms with van der Waals surface area (Å²) in [5, 5.41) is 12.2. The Hall–Kier alpha value is -1.54. The summed E-state index contributed by atoms with van der Waals surface area (Å²) in [4.78, 5) is 0. The third-order valence-electron chi connectivity index (χ3n) is 4.43. The first-order chi connectivity index (χ1) is 10.6. The third-order valence-corrected chi connectivity index (χ3v) is 4.89. The first-order valence-corrected chi connectivity index (χ1v) is 8.00. The van der Waals surface area contributed by atoms with E-state index in [1.54, 1.807) is 12.2 Å². The maximum Gasteiger partial charge on any atom is 0.115 e. The second-order valence-electron chi connectivity index (χ2n) is 5.89. The van der Waals surface area contributed by atoms with Crippen molar-refractivity contribution in [3.05, 3.63) is 81.4 Å². The van der Waals surface area contributed by atoms with Crippen molar-refractivity contribution in [2.45, 2.75) is 18.4 Å². The van der Waals surface area contributed by atoms with E-state index >= 15 is 0 Å². The zero-order valence-corrected chi connectivity index (χ0v) is 13.3. The van der Waals surface area contributed by atoms with Crippen molar-refractivity contribution in [1.82, 2.24) is 0 Å². The van der Waals surface area contributed by atoms with Crippen LogP contribution in [-0.2, 0) is 12.0 Å². The Morgan fingerprint density at radius 1 is 0.955 bits per heavy atom. The van der Waals surface area contributed by atoms with Gasteiger partial charge in [0.25, 0.3) is 0 Å². The van der Waals surface area contributed by atoms with Gasteiger partial charge in [0, 0.05) is 16.5 Å². The molecular formula is C19H14Cl2O. The average Bonchev–Trinajstić information content (AvgIpc) is 2.84. The lowest BCUT2D eigenvalue weighted by atomic mass is 9.83. The van der Waals surface area contributed by atoms with Gasteiger partial charge in [-0.05, 0) is 46.4 Å². The normalized spacial score (nSPS) is 22.7. The molecule has 0 saturated carbocycles. The Labute approximate surface area is 139 Å². The first-order valence-electron chi connectivity index (χ1n) is 7.24. The number of benzene rings is 2. The van der Waals surface area contributed by atoms with Crippen LogP contribution in [0.4, 0.5) is 0 Å². The maximum absolute atomic E-state index is 11.1. The van der Waals surface area contributed by atoms with Crippen LogP contribution >= 0.6 is 23.2 Å². The van der Waals surface area contributed by atoms with Crippen LogP contribution in [0.1, 0.15) is 23.1 Å². The molecule has 1 N–H and O–H groups in total. The largest absolute Gasteiger partial charge is 0.381 e. The summed E-state index contributed by atoms with van der Waals surface area (Å²) in [5.74, 6) is 0. The van der Waals surface area contributed by atoms with Gasteiger partial charge in [0.1, 0.15) is 5.60 Å². The first kappa shape index (κ1) is 14.1. The number of aliphatic hydroxyl groups is 1. The van der Waals surface area contributed by atoms with Crippen LogP contribution < -0.4 is 0 Å². The maximum atomic E-state index is 11.1. The highest BCUT2D eigenvalue weighted by Gasteiger charge is 2.35. The van der Waals surface area contributed by atoms with E-state index in [4.69, 9.17) is 23.2 Å². The Bertz CT molecular complexity index is 835. The van der Waals surface area contributed by atoms with Crippen molar-refractivity contribution >= 4 is 23.2 Å². The number of hydrogen-bond donors (Lipinski definition) is 1. The van der Waals surface area contributed by atoms with Gasteiger partial charge in [-0.2, -0.15) is 0 Å². The van der Waals surface area contributed by atoms with Crippen molar-refractivity contribution in [3.63, 3.8) is 0 Å². The molecular weight excluding hydrogens is 315 g/mol. The van der Waals surface area contributed by atoms with E-state index in [1.165, 1.54) is 22.3 Å². The van der Waals surface area contributed by atoms with Gasteiger partial charge in [-0.3, -0.25) is 0 Å². The molecule has 2 aromatic carbocycles. The van der Waals surface area contributed by atoms with Crippen molar-refractivity contribution < 1.29 is 5.11 Å². The van der Waals surface area contributed by atoms with Crippen molar-refractivity contribution in [2.75, 3.05) is 0 Å². The lowest BCUT2D eigenvalue weighted by Crippen LogP contribution is -2.26. The molecule has 0 bridgehead atoms. The summed E-state index contributed by atoms with van der Waals surface area (Å²) in [5.41, 5.74) is 4.65. The summed E-state index contributed by atoms with van der Waals surface area (Å²) in [6, 6.07) is 14.4. The van der Waals surface area contributed by atoms with E-state index in [-0.39, 0.29) is 0 Å². The molecule has 0 saturated heterocycles. The van der Waals surface area contributed by atoms with Crippen molar-refractivity contribution in [2.24, 2.45) is 0 Å². The number of halogens is 2. The highest BCUT2D eigenvalue weighted by molar-refractivity contribution is 6.35. The van der Waals surface area contributed by atoms with Crippen LogP contribution in [0.3, 0.4) is 0 Å². The van der Waals surface area contributed by atoms with Gasteiger partial charge in [-0.15, -0.1) is 0 Å². The predicted molar refractivity (Wildman–Crippen MR) is 91.1 cm³/mol. The summed E-state index contributed by atoms with van der Waals surface area (Å²) >= 11 is 12.3. The minimum absolute atomic E-state index is 0.359. The van der Waals surface area contributed by atoms with Crippen LogP contribution in [0, 0.1) is 0 Å². The molecule has 2 aliphatic rings. The molecule has 2 aromatic rings. The molecule has 0 radical (unpaired) electrons. The molecule has 0 aliphatic heterocycles. The predicted octanol–water partition coefficient (Wildman–Crippen LogP) is 5.09. The fourth-order valence-corrected chi connectivity index (χ4v) is 4.20. The molecule has 2 aliphatic carbocycles. The highest BCUT2D eigenvalue weighted by atomic mass is 35.5. The van der Waals surface area contributed by atoms with Gasteiger partial charge in [-0.1, -0.05) is 65.7 Å². The van der Waals surface area contributed by atoms with Crippen molar-refractivity contribution in [1.29, 1.82) is 0 Å². The van der Waals surface area contributed by atoms with Gasteiger partial charge in [-0.25, -0.2) is 0 Å². The minimum atomic E-state index is -1.14. The Balaban J connectivity index is 1.88. The Morgan fingerprint density at radius 3 is 2.55 bits per heavy atom. The monoisotopic (exact) mass is 328 g/mol. The Kier molecular flexibility index (Phi) is 3.19. The zero-order valence-electron chi connectivity index (χ0n) is 11.8. The van der Waals surface area contributed by atoms with Crippen LogP contribution in [0.5, 0.6) is 0 Å². The number of fused-ring (bicyclic) bond motifs is 3.